The van der Waals surface area contributed by atoms with E-state index in [2.05, 4.69) is 20.3 Å². The molecule has 0 aromatic carbocycles. The zero-order valence-electron chi connectivity index (χ0n) is 11.6. The summed E-state index contributed by atoms with van der Waals surface area (Å²) in [6, 6.07) is 3.22. The SMILES string of the molecule is CCCNc1cc(C(=O)NCCS(=O)(=O)NC)ccn1. The fraction of sp³-hybridized carbons (Fsp3) is 0.500. The van der Waals surface area contributed by atoms with E-state index in [4.69, 9.17) is 0 Å². The maximum atomic E-state index is 11.9. The van der Waals surface area contributed by atoms with Gasteiger partial charge in [0.1, 0.15) is 5.82 Å². The van der Waals surface area contributed by atoms with Crippen LogP contribution in [0.15, 0.2) is 18.3 Å². The molecular formula is C12H20N4O3S. The summed E-state index contributed by atoms with van der Waals surface area (Å²) in [5.74, 6) is 0.155. The van der Waals surface area contributed by atoms with Gasteiger partial charge in [0.2, 0.25) is 10.0 Å². The highest BCUT2D eigenvalue weighted by Crippen LogP contribution is 2.06. The molecule has 7 nitrogen and oxygen atoms in total. The van der Waals surface area contributed by atoms with Gasteiger partial charge < -0.3 is 10.6 Å². The smallest absolute Gasteiger partial charge is 0.251 e. The Labute approximate surface area is 119 Å². The zero-order valence-corrected chi connectivity index (χ0v) is 12.5. The average Bonchev–Trinajstić information content (AvgIpc) is 2.45. The summed E-state index contributed by atoms with van der Waals surface area (Å²) in [4.78, 5) is 16.0. The van der Waals surface area contributed by atoms with Crippen molar-refractivity contribution in [3.8, 4) is 0 Å². The number of aromatic nitrogens is 1. The lowest BCUT2D eigenvalue weighted by molar-refractivity contribution is 0.0956. The van der Waals surface area contributed by atoms with E-state index < -0.39 is 10.0 Å². The Morgan fingerprint density at radius 1 is 1.35 bits per heavy atom. The van der Waals surface area contributed by atoms with Crippen LogP contribution in [-0.2, 0) is 10.0 Å². The predicted octanol–water partition coefficient (Wildman–Crippen LogP) is 0.183. The molecule has 20 heavy (non-hydrogen) atoms. The van der Waals surface area contributed by atoms with Gasteiger partial charge in [0.05, 0.1) is 5.75 Å². The lowest BCUT2D eigenvalue weighted by Gasteiger charge is -2.07. The minimum absolute atomic E-state index is 0.0576. The highest BCUT2D eigenvalue weighted by molar-refractivity contribution is 7.89. The topological polar surface area (TPSA) is 100 Å². The van der Waals surface area contributed by atoms with E-state index >= 15 is 0 Å². The van der Waals surface area contributed by atoms with Crippen molar-refractivity contribution in [1.29, 1.82) is 0 Å². The molecule has 0 radical (unpaired) electrons. The van der Waals surface area contributed by atoms with Gasteiger partial charge in [-0.3, -0.25) is 4.79 Å². The van der Waals surface area contributed by atoms with Gasteiger partial charge in [-0.25, -0.2) is 18.1 Å². The molecule has 0 aliphatic heterocycles. The standard InChI is InChI=1S/C12H20N4O3S/c1-3-5-14-11-9-10(4-6-15-11)12(17)16-7-8-20(18,19)13-2/h4,6,9,13H,3,5,7-8H2,1-2H3,(H,14,15)(H,16,17). The Morgan fingerprint density at radius 3 is 2.75 bits per heavy atom. The maximum Gasteiger partial charge on any atom is 0.251 e. The van der Waals surface area contributed by atoms with Gasteiger partial charge in [0.25, 0.3) is 5.91 Å². The first-order valence-corrected chi connectivity index (χ1v) is 8.03. The van der Waals surface area contributed by atoms with Crippen molar-refractivity contribution >= 4 is 21.7 Å². The van der Waals surface area contributed by atoms with Crippen LogP contribution in [0.25, 0.3) is 0 Å². The highest BCUT2D eigenvalue weighted by Gasteiger charge is 2.10. The molecule has 0 atom stereocenters. The van der Waals surface area contributed by atoms with Crippen LogP contribution >= 0.6 is 0 Å². The molecule has 0 aliphatic rings. The normalized spacial score (nSPS) is 11.1. The van der Waals surface area contributed by atoms with Crippen molar-refractivity contribution in [3.05, 3.63) is 23.9 Å². The molecule has 0 unspecified atom stereocenters. The molecule has 3 N–H and O–H groups in total. The Morgan fingerprint density at radius 2 is 2.10 bits per heavy atom. The molecule has 0 spiro atoms. The van der Waals surface area contributed by atoms with Gasteiger partial charge in [-0.1, -0.05) is 6.92 Å². The van der Waals surface area contributed by atoms with Crippen molar-refractivity contribution in [2.45, 2.75) is 13.3 Å². The molecule has 0 bridgehead atoms. The number of carbonyl (C=O) groups excluding carboxylic acids is 1. The Hall–Kier alpha value is -1.67. The number of sulfonamides is 1. The summed E-state index contributed by atoms with van der Waals surface area (Å²) in [5.41, 5.74) is 0.445. The summed E-state index contributed by atoms with van der Waals surface area (Å²) in [6.45, 7) is 2.87. The van der Waals surface area contributed by atoms with Crippen LogP contribution in [0.5, 0.6) is 0 Å². The van der Waals surface area contributed by atoms with E-state index in [0.717, 1.165) is 13.0 Å². The molecule has 8 heteroatoms. The Kier molecular flexibility index (Phi) is 6.40. The summed E-state index contributed by atoms with van der Waals surface area (Å²) in [6.07, 6.45) is 2.50. The first-order valence-electron chi connectivity index (χ1n) is 6.38. The molecule has 0 saturated heterocycles. The van der Waals surface area contributed by atoms with Gasteiger partial charge in [-0.15, -0.1) is 0 Å². The number of carbonyl (C=O) groups is 1. The first-order chi connectivity index (χ1) is 9.48. The molecule has 1 heterocycles. The lowest BCUT2D eigenvalue weighted by Crippen LogP contribution is -2.33. The number of hydrogen-bond acceptors (Lipinski definition) is 5. The zero-order chi connectivity index (χ0) is 15.0. The largest absolute Gasteiger partial charge is 0.370 e. The quantitative estimate of drug-likeness (QED) is 0.636. The number of anilines is 1. The third-order valence-electron chi connectivity index (χ3n) is 2.55. The van der Waals surface area contributed by atoms with Gasteiger partial charge >= 0.3 is 0 Å². The van der Waals surface area contributed by atoms with Crippen molar-refractivity contribution in [2.75, 3.05) is 31.2 Å². The number of rotatable bonds is 8. The van der Waals surface area contributed by atoms with Gasteiger partial charge in [-0.05, 0) is 25.6 Å². The maximum absolute atomic E-state index is 11.9. The molecule has 0 saturated carbocycles. The summed E-state index contributed by atoms with van der Waals surface area (Å²) < 4.78 is 24.6. The van der Waals surface area contributed by atoms with Crippen molar-refractivity contribution in [2.24, 2.45) is 0 Å². The van der Waals surface area contributed by atoms with E-state index in [1.54, 1.807) is 12.1 Å². The molecule has 1 aromatic rings. The molecule has 1 aromatic heterocycles. The number of nitrogens with zero attached hydrogens (tertiary/aromatic N) is 1. The predicted molar refractivity (Wildman–Crippen MR) is 78.2 cm³/mol. The third kappa shape index (κ3) is 5.54. The summed E-state index contributed by atoms with van der Waals surface area (Å²) in [7, 11) is -1.97. The van der Waals surface area contributed by atoms with Crippen LogP contribution in [0, 0.1) is 0 Å². The molecular weight excluding hydrogens is 280 g/mol. The van der Waals surface area contributed by atoms with Gasteiger partial charge in [-0.2, -0.15) is 0 Å². The second-order valence-electron chi connectivity index (χ2n) is 4.14. The van der Waals surface area contributed by atoms with Crippen LogP contribution in [-0.4, -0.2) is 45.2 Å². The van der Waals surface area contributed by atoms with Crippen LogP contribution in [0.2, 0.25) is 0 Å². The lowest BCUT2D eigenvalue weighted by atomic mass is 10.2. The van der Waals surface area contributed by atoms with E-state index in [1.165, 1.54) is 13.2 Å². The number of pyridine rings is 1. The molecule has 0 fully saturated rings. The van der Waals surface area contributed by atoms with Crippen LogP contribution in [0.3, 0.4) is 0 Å². The Balaban J connectivity index is 2.55. The van der Waals surface area contributed by atoms with Gasteiger partial charge in [0.15, 0.2) is 0 Å². The average molecular weight is 300 g/mol. The number of amides is 1. The number of hydrogen-bond donors (Lipinski definition) is 3. The highest BCUT2D eigenvalue weighted by atomic mass is 32.2. The monoisotopic (exact) mass is 300 g/mol. The first kappa shape index (κ1) is 16.4. The second kappa shape index (κ2) is 7.81. The fourth-order valence-corrected chi connectivity index (χ4v) is 2.00. The van der Waals surface area contributed by atoms with Crippen molar-refractivity contribution < 1.29 is 13.2 Å². The van der Waals surface area contributed by atoms with E-state index in [-0.39, 0.29) is 18.2 Å². The van der Waals surface area contributed by atoms with Gasteiger partial charge in [0, 0.05) is 24.8 Å². The third-order valence-corrected chi connectivity index (χ3v) is 3.91. The molecule has 112 valence electrons. The van der Waals surface area contributed by atoms with Crippen LogP contribution in [0.1, 0.15) is 23.7 Å². The molecule has 1 amide bonds. The summed E-state index contributed by atoms with van der Waals surface area (Å²) in [5, 5.41) is 5.64. The molecule has 0 aliphatic carbocycles. The number of nitrogens with one attached hydrogen (secondary N) is 3. The van der Waals surface area contributed by atoms with Crippen LogP contribution < -0.4 is 15.4 Å². The van der Waals surface area contributed by atoms with E-state index in [1.807, 2.05) is 6.92 Å². The van der Waals surface area contributed by atoms with Crippen molar-refractivity contribution in [3.63, 3.8) is 0 Å². The minimum atomic E-state index is -3.31. The Bertz CT molecular complexity index is 545. The summed E-state index contributed by atoms with van der Waals surface area (Å²) >= 11 is 0. The molecule has 1 rings (SSSR count). The van der Waals surface area contributed by atoms with Crippen LogP contribution in [0.4, 0.5) is 5.82 Å². The minimum Gasteiger partial charge on any atom is -0.370 e. The second-order valence-corrected chi connectivity index (χ2v) is 6.18. The van der Waals surface area contributed by atoms with E-state index in [0.29, 0.717) is 11.4 Å². The fourth-order valence-electron chi connectivity index (χ4n) is 1.42. The van der Waals surface area contributed by atoms with Crippen molar-refractivity contribution in [1.82, 2.24) is 15.0 Å². The van der Waals surface area contributed by atoms with E-state index in [9.17, 15) is 13.2 Å².